The van der Waals surface area contributed by atoms with Gasteiger partial charge in [-0.1, -0.05) is 6.92 Å². The van der Waals surface area contributed by atoms with E-state index in [0.717, 1.165) is 30.8 Å². The van der Waals surface area contributed by atoms with E-state index in [9.17, 15) is 4.79 Å². The normalized spacial score (nSPS) is 12.5. The van der Waals surface area contributed by atoms with Crippen LogP contribution in [0.4, 0.5) is 0 Å². The van der Waals surface area contributed by atoms with E-state index in [2.05, 4.69) is 12.3 Å². The first-order chi connectivity index (χ1) is 6.70. The predicted octanol–water partition coefficient (Wildman–Crippen LogP) is 0.617. The Kier molecular flexibility index (Phi) is 9.13. The van der Waals surface area contributed by atoms with Crippen LogP contribution in [0.15, 0.2) is 0 Å². The minimum absolute atomic E-state index is 0.0831. The van der Waals surface area contributed by atoms with Crippen molar-refractivity contribution in [3.05, 3.63) is 0 Å². The molecule has 5 heteroatoms. The summed E-state index contributed by atoms with van der Waals surface area (Å²) in [5.41, 5.74) is 7.87. The first-order valence-electron chi connectivity index (χ1n) is 5.03. The molecule has 0 aromatic heterocycles. The first-order valence-corrected chi connectivity index (χ1v) is 6.19. The Hall–Kier alpha value is -0.260. The lowest BCUT2D eigenvalue weighted by molar-refractivity contribution is -0.121. The van der Waals surface area contributed by atoms with Gasteiger partial charge in [-0.05, 0) is 25.0 Å². The highest BCUT2D eigenvalue weighted by atomic mass is 32.2. The molecule has 1 unspecified atom stereocenters. The third-order valence-electron chi connectivity index (χ3n) is 1.96. The van der Waals surface area contributed by atoms with E-state index in [1.165, 1.54) is 0 Å². The molecule has 4 nitrogen and oxygen atoms in total. The van der Waals surface area contributed by atoms with Crippen LogP contribution in [0.3, 0.4) is 0 Å². The third kappa shape index (κ3) is 8.34. The predicted molar refractivity (Wildman–Crippen MR) is 61.8 cm³/mol. The van der Waals surface area contributed by atoms with Crippen LogP contribution < -0.4 is 17.0 Å². The van der Waals surface area contributed by atoms with E-state index in [4.69, 9.17) is 11.6 Å². The van der Waals surface area contributed by atoms with Crippen LogP contribution in [-0.4, -0.2) is 23.5 Å². The van der Waals surface area contributed by atoms with Crippen molar-refractivity contribution in [2.24, 2.45) is 11.6 Å². The molecule has 0 aromatic carbocycles. The molecule has 1 atom stereocenters. The van der Waals surface area contributed by atoms with Crippen molar-refractivity contribution in [2.45, 2.75) is 38.6 Å². The molecule has 0 radical (unpaired) electrons. The summed E-state index contributed by atoms with van der Waals surface area (Å²) >= 11 is 1.86. The topological polar surface area (TPSA) is 81.1 Å². The minimum Gasteiger partial charge on any atom is -0.327 e. The lowest BCUT2D eigenvalue weighted by atomic mass is 10.2. The number of hydrogen-bond donors (Lipinski definition) is 3. The number of thioether (sulfide) groups is 1. The first kappa shape index (κ1) is 13.7. The van der Waals surface area contributed by atoms with Crippen molar-refractivity contribution in [1.29, 1.82) is 0 Å². The second-order valence-corrected chi connectivity index (χ2v) is 4.42. The highest BCUT2D eigenvalue weighted by Crippen LogP contribution is 2.08. The van der Waals surface area contributed by atoms with Crippen molar-refractivity contribution in [2.75, 3.05) is 11.5 Å². The van der Waals surface area contributed by atoms with E-state index < -0.39 is 0 Å². The van der Waals surface area contributed by atoms with Crippen molar-refractivity contribution < 1.29 is 4.79 Å². The average Bonchev–Trinajstić information content (AvgIpc) is 2.22. The van der Waals surface area contributed by atoms with Crippen molar-refractivity contribution >= 4 is 17.7 Å². The van der Waals surface area contributed by atoms with Gasteiger partial charge in [-0.15, -0.1) is 0 Å². The molecule has 0 rings (SSSR count). The molecule has 0 heterocycles. The Morgan fingerprint density at radius 2 is 2.21 bits per heavy atom. The van der Waals surface area contributed by atoms with Gasteiger partial charge in [-0.2, -0.15) is 11.8 Å². The van der Waals surface area contributed by atoms with Gasteiger partial charge in [0.15, 0.2) is 0 Å². The molecule has 0 spiro atoms. The van der Waals surface area contributed by atoms with Crippen molar-refractivity contribution in [3.63, 3.8) is 0 Å². The lowest BCUT2D eigenvalue weighted by Gasteiger charge is -2.07. The van der Waals surface area contributed by atoms with Gasteiger partial charge in [0.1, 0.15) is 0 Å². The number of carbonyl (C=O) groups is 1. The van der Waals surface area contributed by atoms with Gasteiger partial charge in [-0.3, -0.25) is 10.2 Å². The molecule has 1 amide bonds. The maximum absolute atomic E-state index is 10.7. The monoisotopic (exact) mass is 219 g/mol. The van der Waals surface area contributed by atoms with Gasteiger partial charge in [0, 0.05) is 18.2 Å². The molecule has 0 saturated carbocycles. The van der Waals surface area contributed by atoms with Gasteiger partial charge in [0.25, 0.3) is 0 Å². The maximum atomic E-state index is 10.7. The summed E-state index contributed by atoms with van der Waals surface area (Å²) in [6.45, 7) is 2.09. The number of nitrogens with one attached hydrogen (secondary N) is 1. The van der Waals surface area contributed by atoms with E-state index in [0.29, 0.717) is 12.5 Å². The fourth-order valence-corrected chi connectivity index (χ4v) is 2.03. The zero-order chi connectivity index (χ0) is 10.8. The minimum atomic E-state index is -0.0831. The Bertz CT molecular complexity index is 155. The Balaban J connectivity index is 3.10. The number of carbonyl (C=O) groups excluding carboxylic acids is 1. The molecule has 14 heavy (non-hydrogen) atoms. The van der Waals surface area contributed by atoms with Crippen LogP contribution in [0.2, 0.25) is 0 Å². The summed E-state index contributed by atoms with van der Waals surface area (Å²) in [6.07, 6.45) is 3.51. The van der Waals surface area contributed by atoms with Gasteiger partial charge in [0.05, 0.1) is 0 Å². The van der Waals surface area contributed by atoms with Gasteiger partial charge < -0.3 is 5.73 Å². The Morgan fingerprint density at radius 1 is 1.50 bits per heavy atom. The summed E-state index contributed by atoms with van der Waals surface area (Å²) in [4.78, 5) is 10.7. The summed E-state index contributed by atoms with van der Waals surface area (Å²) in [7, 11) is 0. The highest BCUT2D eigenvalue weighted by molar-refractivity contribution is 7.99. The molecule has 0 saturated heterocycles. The van der Waals surface area contributed by atoms with Crippen molar-refractivity contribution in [3.8, 4) is 0 Å². The number of nitrogens with two attached hydrogens (primary N) is 2. The van der Waals surface area contributed by atoms with E-state index in [1.807, 2.05) is 11.8 Å². The maximum Gasteiger partial charge on any atom is 0.233 e. The molecule has 0 aliphatic carbocycles. The molecule has 0 aliphatic rings. The number of unbranched alkanes of at least 4 members (excludes halogenated alkanes) is 1. The van der Waals surface area contributed by atoms with Crippen LogP contribution in [-0.2, 0) is 4.79 Å². The smallest absolute Gasteiger partial charge is 0.233 e. The number of hydrazine groups is 1. The van der Waals surface area contributed by atoms with Gasteiger partial charge in [-0.25, -0.2) is 5.84 Å². The quantitative estimate of drug-likeness (QED) is 0.242. The Morgan fingerprint density at radius 3 is 2.79 bits per heavy atom. The van der Waals surface area contributed by atoms with Gasteiger partial charge >= 0.3 is 0 Å². The number of rotatable bonds is 8. The van der Waals surface area contributed by atoms with E-state index >= 15 is 0 Å². The molecular formula is C9H21N3OS. The number of hydrogen-bond acceptors (Lipinski definition) is 4. The standard InChI is InChI=1S/C9H21N3OS/c1-2-8(10)7-14-6-4-3-5-9(13)12-11/h8H,2-7,10-11H2,1H3,(H,12,13). The summed E-state index contributed by atoms with van der Waals surface area (Å²) in [6, 6.07) is 0.312. The molecule has 5 N–H and O–H groups in total. The molecule has 0 fully saturated rings. The molecule has 0 aromatic rings. The zero-order valence-electron chi connectivity index (χ0n) is 8.79. The summed E-state index contributed by atoms with van der Waals surface area (Å²) < 4.78 is 0. The van der Waals surface area contributed by atoms with Crippen LogP contribution in [0, 0.1) is 0 Å². The average molecular weight is 219 g/mol. The molecule has 0 bridgehead atoms. The zero-order valence-corrected chi connectivity index (χ0v) is 9.61. The highest BCUT2D eigenvalue weighted by Gasteiger charge is 2.00. The fourth-order valence-electron chi connectivity index (χ4n) is 0.914. The van der Waals surface area contributed by atoms with Crippen LogP contribution >= 0.6 is 11.8 Å². The SMILES string of the molecule is CCC(N)CSCCCCC(=O)NN. The van der Waals surface area contributed by atoms with E-state index in [-0.39, 0.29) is 5.91 Å². The van der Waals surface area contributed by atoms with Crippen LogP contribution in [0.5, 0.6) is 0 Å². The second-order valence-electron chi connectivity index (χ2n) is 3.27. The van der Waals surface area contributed by atoms with Crippen LogP contribution in [0.1, 0.15) is 32.6 Å². The Labute approximate surface area is 90.1 Å². The molecule has 84 valence electrons. The molecule has 0 aliphatic heterocycles. The van der Waals surface area contributed by atoms with Crippen LogP contribution in [0.25, 0.3) is 0 Å². The summed E-state index contributed by atoms with van der Waals surface area (Å²) in [5, 5.41) is 0. The van der Waals surface area contributed by atoms with Gasteiger partial charge in [0.2, 0.25) is 5.91 Å². The number of amides is 1. The third-order valence-corrected chi connectivity index (χ3v) is 3.20. The van der Waals surface area contributed by atoms with Crippen molar-refractivity contribution in [1.82, 2.24) is 5.43 Å². The fraction of sp³-hybridized carbons (Fsp3) is 0.889. The molecular weight excluding hydrogens is 198 g/mol. The second kappa shape index (κ2) is 9.30. The summed E-state index contributed by atoms with van der Waals surface area (Å²) in [5.74, 6) is 6.95. The lowest BCUT2D eigenvalue weighted by Crippen LogP contribution is -2.29. The van der Waals surface area contributed by atoms with E-state index in [1.54, 1.807) is 0 Å². The largest absolute Gasteiger partial charge is 0.327 e.